The lowest BCUT2D eigenvalue weighted by atomic mass is 10.0. The van der Waals surface area contributed by atoms with Crippen molar-refractivity contribution in [2.75, 3.05) is 11.4 Å². The van der Waals surface area contributed by atoms with Gasteiger partial charge >= 0.3 is 0 Å². The van der Waals surface area contributed by atoms with Crippen LogP contribution < -0.4 is 4.90 Å². The number of halogens is 2. The van der Waals surface area contributed by atoms with Gasteiger partial charge in [-0.25, -0.2) is 23.4 Å². The monoisotopic (exact) mass is 457 g/mol. The Bertz CT molecular complexity index is 1360. The Balaban J connectivity index is 1.50. The normalized spacial score (nSPS) is 16.6. The van der Waals surface area contributed by atoms with E-state index >= 15 is 0 Å². The molecule has 12 heteroatoms. The van der Waals surface area contributed by atoms with Crippen LogP contribution >= 0.6 is 0 Å². The van der Waals surface area contributed by atoms with Crippen LogP contribution in [-0.4, -0.2) is 43.9 Å². The van der Waals surface area contributed by atoms with E-state index in [1.807, 2.05) is 0 Å². The zero-order valence-corrected chi connectivity index (χ0v) is 17.4. The fourth-order valence-corrected chi connectivity index (χ4v) is 5.11. The van der Waals surface area contributed by atoms with E-state index in [2.05, 4.69) is 20.2 Å². The van der Waals surface area contributed by atoms with Crippen molar-refractivity contribution in [3.05, 3.63) is 78.6 Å². The number of benzene rings is 1. The number of rotatable bonds is 5. The van der Waals surface area contributed by atoms with Gasteiger partial charge in [-0.1, -0.05) is 0 Å². The van der Waals surface area contributed by atoms with Gasteiger partial charge in [0.05, 0.1) is 12.2 Å². The molecule has 4 aromatic rings. The molecule has 0 spiro atoms. The van der Waals surface area contributed by atoms with Crippen molar-refractivity contribution in [1.29, 1.82) is 0 Å². The molecule has 0 bridgehead atoms. The molecule has 0 amide bonds. The predicted molar refractivity (Wildman–Crippen MR) is 110 cm³/mol. The maximum Gasteiger partial charge on any atom is 0.286 e. The average molecular weight is 457 g/mol. The quantitative estimate of drug-likeness (QED) is 0.454. The molecule has 1 unspecified atom stereocenters. The molecule has 9 nitrogen and oxygen atoms in total. The Morgan fingerprint density at radius 1 is 1.06 bits per heavy atom. The highest BCUT2D eigenvalue weighted by molar-refractivity contribution is 7.90. The van der Waals surface area contributed by atoms with Gasteiger partial charge in [0.2, 0.25) is 0 Å². The van der Waals surface area contributed by atoms with Gasteiger partial charge in [-0.3, -0.25) is 0 Å². The van der Waals surface area contributed by atoms with Crippen LogP contribution in [0.3, 0.4) is 0 Å². The van der Waals surface area contributed by atoms with E-state index in [1.165, 1.54) is 41.9 Å². The Kier molecular flexibility index (Phi) is 4.93. The molecule has 1 saturated heterocycles. The summed E-state index contributed by atoms with van der Waals surface area (Å²) in [4.78, 5) is 9.64. The van der Waals surface area contributed by atoms with E-state index in [0.29, 0.717) is 25.2 Å². The smallest absolute Gasteiger partial charge is 0.286 e. The topological polar surface area (TPSA) is 98.8 Å². The molecule has 0 saturated carbocycles. The van der Waals surface area contributed by atoms with Crippen molar-refractivity contribution in [2.24, 2.45) is 0 Å². The second-order valence-corrected chi connectivity index (χ2v) is 9.01. The zero-order valence-electron chi connectivity index (χ0n) is 16.6. The molecule has 3 aromatic heterocycles. The maximum atomic E-state index is 14.4. The summed E-state index contributed by atoms with van der Waals surface area (Å²) in [5.41, 5.74) is 0.187. The van der Waals surface area contributed by atoms with Gasteiger partial charge < -0.3 is 4.90 Å². The number of pyridine rings is 1. The molecular formula is C20H17F2N7O2S. The van der Waals surface area contributed by atoms with Gasteiger partial charge in [0.15, 0.2) is 5.82 Å². The van der Waals surface area contributed by atoms with Crippen molar-refractivity contribution >= 4 is 15.8 Å². The largest absolute Gasteiger partial charge is 0.349 e. The van der Waals surface area contributed by atoms with Crippen molar-refractivity contribution in [3.63, 3.8) is 0 Å². The van der Waals surface area contributed by atoms with Crippen LogP contribution in [0.1, 0.15) is 24.4 Å². The Hall–Kier alpha value is -3.67. The second kappa shape index (κ2) is 7.79. The summed E-state index contributed by atoms with van der Waals surface area (Å²) in [7, 11) is -4.08. The second-order valence-electron chi connectivity index (χ2n) is 7.25. The summed E-state index contributed by atoms with van der Waals surface area (Å²) >= 11 is 0. The third-order valence-corrected chi connectivity index (χ3v) is 6.93. The lowest BCUT2D eigenvalue weighted by molar-refractivity contribution is 0.556. The summed E-state index contributed by atoms with van der Waals surface area (Å²) in [6.45, 7) is 0.478. The minimum Gasteiger partial charge on any atom is -0.349 e. The standard InChI is InChI=1S/C20H17F2N7O2S/c21-14-3-5-17(22)16(10-14)18-2-1-9-27(18)20-7-8-25-29(20)32(30,31)15-4-6-19(24-11-15)28-13-23-12-26-28/h3-8,10-13,18H,1-2,9H2. The van der Waals surface area contributed by atoms with Crippen molar-refractivity contribution in [1.82, 2.24) is 28.9 Å². The molecule has 0 radical (unpaired) electrons. The molecule has 5 rings (SSSR count). The lowest BCUT2D eigenvalue weighted by Gasteiger charge is -2.27. The Morgan fingerprint density at radius 3 is 2.69 bits per heavy atom. The van der Waals surface area contributed by atoms with Gasteiger partial charge in [-0.15, -0.1) is 4.09 Å². The molecule has 32 heavy (non-hydrogen) atoms. The van der Waals surface area contributed by atoms with Crippen LogP contribution in [0.5, 0.6) is 0 Å². The van der Waals surface area contributed by atoms with Crippen LogP contribution in [-0.2, 0) is 10.0 Å². The molecule has 1 fully saturated rings. The molecular weight excluding hydrogens is 440 g/mol. The van der Waals surface area contributed by atoms with E-state index in [9.17, 15) is 17.2 Å². The van der Waals surface area contributed by atoms with E-state index in [4.69, 9.17) is 0 Å². The van der Waals surface area contributed by atoms with E-state index in [0.717, 1.165) is 22.3 Å². The fraction of sp³-hybridized carbons (Fsp3) is 0.200. The van der Waals surface area contributed by atoms with Crippen LogP contribution in [0, 0.1) is 11.6 Å². The predicted octanol–water partition coefficient (Wildman–Crippen LogP) is 2.72. The number of hydrogen-bond donors (Lipinski definition) is 0. The molecule has 1 aliphatic heterocycles. The minimum absolute atomic E-state index is 0.0704. The maximum absolute atomic E-state index is 14.4. The Morgan fingerprint density at radius 2 is 1.94 bits per heavy atom. The van der Waals surface area contributed by atoms with Gasteiger partial charge in [0, 0.05) is 24.4 Å². The Labute approximate surface area is 182 Å². The molecule has 0 aliphatic carbocycles. The number of aromatic nitrogens is 6. The summed E-state index contributed by atoms with van der Waals surface area (Å²) in [5.74, 6) is -0.405. The first kappa shape index (κ1) is 20.2. The first-order valence-corrected chi connectivity index (χ1v) is 11.2. The first-order chi connectivity index (χ1) is 15.4. The summed E-state index contributed by atoms with van der Waals surface area (Å²) in [6.07, 6.45) is 6.62. The zero-order chi connectivity index (χ0) is 22.3. The van der Waals surface area contributed by atoms with Crippen LogP contribution in [0.4, 0.5) is 14.6 Å². The van der Waals surface area contributed by atoms with Crippen LogP contribution in [0.25, 0.3) is 5.82 Å². The van der Waals surface area contributed by atoms with Gasteiger partial charge in [-0.2, -0.15) is 18.6 Å². The van der Waals surface area contributed by atoms with E-state index in [-0.39, 0.29) is 16.3 Å². The van der Waals surface area contributed by atoms with Crippen molar-refractivity contribution < 1.29 is 17.2 Å². The summed E-state index contributed by atoms with van der Waals surface area (Å²) in [5, 5.41) is 7.97. The van der Waals surface area contributed by atoms with Crippen LogP contribution in [0.2, 0.25) is 0 Å². The summed E-state index contributed by atoms with van der Waals surface area (Å²) in [6, 6.07) is 7.23. The third kappa shape index (κ3) is 3.42. The van der Waals surface area contributed by atoms with Crippen molar-refractivity contribution in [2.45, 2.75) is 23.8 Å². The van der Waals surface area contributed by atoms with Gasteiger partial charge in [0.25, 0.3) is 10.0 Å². The summed E-state index contributed by atoms with van der Waals surface area (Å²) < 4.78 is 57.1. The highest BCUT2D eigenvalue weighted by Gasteiger charge is 2.33. The first-order valence-electron chi connectivity index (χ1n) is 9.77. The van der Waals surface area contributed by atoms with Gasteiger partial charge in [-0.05, 0) is 43.2 Å². The fourth-order valence-electron chi connectivity index (χ4n) is 3.90. The SMILES string of the molecule is O=S(=O)(c1ccc(-n2cncn2)nc1)n1nccc1N1CCCC1c1cc(F)ccc1F. The molecule has 4 heterocycles. The molecule has 1 aliphatic rings. The highest BCUT2D eigenvalue weighted by atomic mass is 32.2. The molecule has 164 valence electrons. The average Bonchev–Trinajstić information content (AvgIpc) is 3.55. The third-order valence-electron chi connectivity index (χ3n) is 5.35. The number of nitrogens with zero attached hydrogens (tertiary/aromatic N) is 7. The minimum atomic E-state index is -4.08. The molecule has 0 N–H and O–H groups in total. The van der Waals surface area contributed by atoms with Crippen molar-refractivity contribution in [3.8, 4) is 5.82 Å². The van der Waals surface area contributed by atoms with E-state index < -0.39 is 27.7 Å². The van der Waals surface area contributed by atoms with Gasteiger partial charge in [0.1, 0.15) is 35.0 Å². The molecule has 1 aromatic carbocycles. The van der Waals surface area contributed by atoms with Crippen LogP contribution in [0.15, 0.2) is 66.3 Å². The van der Waals surface area contributed by atoms with E-state index in [1.54, 1.807) is 11.0 Å². The number of anilines is 1. The number of hydrogen-bond acceptors (Lipinski definition) is 7. The highest BCUT2D eigenvalue weighted by Crippen LogP contribution is 2.38. The molecule has 1 atom stereocenters. The lowest BCUT2D eigenvalue weighted by Crippen LogP contribution is -2.28.